The maximum absolute atomic E-state index is 14.3. The first-order chi connectivity index (χ1) is 16.2. The van der Waals surface area contributed by atoms with Crippen molar-refractivity contribution in [2.24, 2.45) is 5.92 Å². The minimum Gasteiger partial charge on any atom is -0.356 e. The molecule has 4 aliphatic rings. The van der Waals surface area contributed by atoms with Gasteiger partial charge in [-0.1, -0.05) is 24.3 Å². The van der Waals surface area contributed by atoms with Crippen LogP contribution in [0.1, 0.15) is 36.8 Å². The van der Waals surface area contributed by atoms with Gasteiger partial charge in [0.25, 0.3) is 5.91 Å². The van der Waals surface area contributed by atoms with Gasteiger partial charge in [-0.3, -0.25) is 24.4 Å². The molecule has 0 radical (unpaired) electrons. The standard InChI is InChI=1S/C26H31N5O2/c32-24-22-16-20-7-4-13-31(20)26(22)21-8-1-2-9-23(21)30(25(26)33)15-14-29(12-5-11-28-24)18-19-6-3-10-27-17-19/h1-3,6,8-10,17,20,22H,4-5,7,11-16,18H2,(H,28,32)/t20-,22+,26+/m0/s1. The first-order valence-corrected chi connectivity index (χ1v) is 12.3. The largest absolute Gasteiger partial charge is 0.356 e. The molecule has 1 aromatic carbocycles. The maximum atomic E-state index is 14.3. The highest BCUT2D eigenvalue weighted by Gasteiger charge is 2.67. The summed E-state index contributed by atoms with van der Waals surface area (Å²) in [4.78, 5) is 38.8. The van der Waals surface area contributed by atoms with Crippen molar-refractivity contribution in [1.29, 1.82) is 0 Å². The maximum Gasteiger partial charge on any atom is 0.253 e. The minimum atomic E-state index is -0.852. The molecule has 7 nitrogen and oxygen atoms in total. The molecule has 7 heteroatoms. The average molecular weight is 446 g/mol. The zero-order valence-corrected chi connectivity index (χ0v) is 18.9. The molecular weight excluding hydrogens is 414 g/mol. The van der Waals surface area contributed by atoms with Gasteiger partial charge in [0.2, 0.25) is 5.91 Å². The van der Waals surface area contributed by atoms with Crippen LogP contribution in [0.2, 0.25) is 0 Å². The fourth-order valence-electron chi connectivity index (χ4n) is 6.68. The second-order valence-electron chi connectivity index (χ2n) is 9.80. The summed E-state index contributed by atoms with van der Waals surface area (Å²) in [7, 11) is 0. The lowest BCUT2D eigenvalue weighted by Gasteiger charge is -2.38. The van der Waals surface area contributed by atoms with Crippen molar-refractivity contribution in [3.05, 3.63) is 59.9 Å². The number of fused-ring (bicyclic) bond motifs is 4. The van der Waals surface area contributed by atoms with Crippen LogP contribution >= 0.6 is 0 Å². The van der Waals surface area contributed by atoms with E-state index < -0.39 is 5.54 Å². The molecule has 3 saturated heterocycles. The van der Waals surface area contributed by atoms with Crippen molar-refractivity contribution >= 4 is 17.5 Å². The van der Waals surface area contributed by atoms with E-state index in [2.05, 4.69) is 38.3 Å². The van der Waals surface area contributed by atoms with E-state index in [1.165, 1.54) is 0 Å². The SMILES string of the molecule is O=C1NCCCN(Cc2cccnc2)CCN2C(=O)[C@@]3(c4ccccc42)[C@@H]1C[C@@H]1CCCN13. The van der Waals surface area contributed by atoms with Crippen LogP contribution in [0.3, 0.4) is 0 Å². The lowest BCUT2D eigenvalue weighted by atomic mass is 9.78. The Kier molecular flexibility index (Phi) is 5.18. The van der Waals surface area contributed by atoms with Crippen LogP contribution < -0.4 is 10.2 Å². The van der Waals surface area contributed by atoms with E-state index in [4.69, 9.17) is 0 Å². The fourth-order valence-corrected chi connectivity index (χ4v) is 6.68. The third-order valence-electron chi connectivity index (χ3n) is 8.05. The number of hydrogen-bond donors (Lipinski definition) is 1. The van der Waals surface area contributed by atoms with E-state index in [0.717, 1.165) is 68.7 Å². The zero-order chi connectivity index (χ0) is 22.4. The van der Waals surface area contributed by atoms with E-state index in [-0.39, 0.29) is 17.7 Å². The Balaban J connectivity index is 1.38. The summed E-state index contributed by atoms with van der Waals surface area (Å²) < 4.78 is 0. The lowest BCUT2D eigenvalue weighted by molar-refractivity contribution is -0.139. The highest BCUT2D eigenvalue weighted by Crippen LogP contribution is 2.56. The molecule has 2 aromatic rings. The van der Waals surface area contributed by atoms with Crippen LogP contribution in [-0.4, -0.2) is 65.4 Å². The molecule has 0 unspecified atom stereocenters. The third kappa shape index (κ3) is 3.21. The van der Waals surface area contributed by atoms with Crippen LogP contribution in [0.15, 0.2) is 48.8 Å². The zero-order valence-electron chi connectivity index (χ0n) is 18.9. The highest BCUT2D eigenvalue weighted by molar-refractivity contribution is 6.10. The van der Waals surface area contributed by atoms with Gasteiger partial charge in [-0.2, -0.15) is 0 Å². The normalized spacial score (nSPS) is 30.2. The number of carbonyl (C=O) groups excluding carboxylic acids is 2. The molecule has 1 N–H and O–H groups in total. The summed E-state index contributed by atoms with van der Waals surface area (Å²) in [6.45, 7) is 4.59. The summed E-state index contributed by atoms with van der Waals surface area (Å²) in [6, 6.07) is 12.5. The van der Waals surface area contributed by atoms with Gasteiger partial charge in [-0.15, -0.1) is 0 Å². The number of nitrogens with one attached hydrogen (secondary N) is 1. The van der Waals surface area contributed by atoms with E-state index in [0.29, 0.717) is 19.1 Å². The van der Waals surface area contributed by atoms with Gasteiger partial charge in [-0.25, -0.2) is 0 Å². The van der Waals surface area contributed by atoms with Crippen molar-refractivity contribution in [1.82, 2.24) is 20.1 Å². The van der Waals surface area contributed by atoms with E-state index >= 15 is 0 Å². The molecule has 172 valence electrons. The smallest absolute Gasteiger partial charge is 0.253 e. The number of benzene rings is 1. The molecule has 33 heavy (non-hydrogen) atoms. The minimum absolute atomic E-state index is 0.0359. The summed E-state index contributed by atoms with van der Waals surface area (Å²) >= 11 is 0. The number of aromatic nitrogens is 1. The van der Waals surface area contributed by atoms with E-state index in [9.17, 15) is 9.59 Å². The van der Waals surface area contributed by atoms with Gasteiger partial charge >= 0.3 is 0 Å². The summed E-state index contributed by atoms with van der Waals surface area (Å²) in [5.41, 5.74) is 2.31. The van der Waals surface area contributed by atoms with Gasteiger partial charge in [0.15, 0.2) is 0 Å². The Hall–Kier alpha value is -2.77. The number of para-hydroxylation sites is 1. The average Bonchev–Trinajstić information content (AvgIpc) is 3.49. The Labute approximate surface area is 194 Å². The van der Waals surface area contributed by atoms with Crippen molar-refractivity contribution in [3.63, 3.8) is 0 Å². The topological polar surface area (TPSA) is 68.8 Å². The molecule has 2 amide bonds. The van der Waals surface area contributed by atoms with Gasteiger partial charge in [0, 0.05) is 62.4 Å². The van der Waals surface area contributed by atoms with Crippen LogP contribution in [0.25, 0.3) is 0 Å². The number of hydrogen-bond acceptors (Lipinski definition) is 5. The number of pyridine rings is 1. The Bertz CT molecular complexity index is 1060. The summed E-state index contributed by atoms with van der Waals surface area (Å²) in [6.07, 6.45) is 7.51. The van der Waals surface area contributed by atoms with Gasteiger partial charge in [-0.05, 0) is 49.9 Å². The monoisotopic (exact) mass is 445 g/mol. The molecular formula is C26H31N5O2. The van der Waals surface area contributed by atoms with Crippen molar-refractivity contribution in [2.75, 3.05) is 37.6 Å². The van der Waals surface area contributed by atoms with Crippen LogP contribution in [-0.2, 0) is 21.7 Å². The van der Waals surface area contributed by atoms with Gasteiger partial charge < -0.3 is 10.2 Å². The Morgan fingerprint density at radius 3 is 2.82 bits per heavy atom. The molecule has 6 rings (SSSR count). The van der Waals surface area contributed by atoms with Crippen LogP contribution in [0.5, 0.6) is 0 Å². The van der Waals surface area contributed by atoms with Crippen molar-refractivity contribution in [2.45, 2.75) is 43.8 Å². The van der Waals surface area contributed by atoms with E-state index in [1.807, 2.05) is 29.3 Å². The first-order valence-electron chi connectivity index (χ1n) is 12.3. The second-order valence-corrected chi connectivity index (χ2v) is 9.80. The number of amides is 2. The Morgan fingerprint density at radius 2 is 1.94 bits per heavy atom. The predicted molar refractivity (Wildman–Crippen MR) is 125 cm³/mol. The number of carbonyl (C=O) groups is 2. The molecule has 4 aliphatic heterocycles. The van der Waals surface area contributed by atoms with Crippen LogP contribution in [0.4, 0.5) is 5.69 Å². The van der Waals surface area contributed by atoms with Gasteiger partial charge in [0.05, 0.1) is 5.92 Å². The molecule has 1 aromatic heterocycles. The van der Waals surface area contributed by atoms with Gasteiger partial charge in [0.1, 0.15) is 5.54 Å². The Morgan fingerprint density at radius 1 is 1.03 bits per heavy atom. The van der Waals surface area contributed by atoms with Crippen LogP contribution in [0, 0.1) is 5.92 Å². The molecule has 0 saturated carbocycles. The number of anilines is 1. The lowest BCUT2D eigenvalue weighted by Crippen LogP contribution is -2.57. The second kappa shape index (κ2) is 8.22. The molecule has 0 aliphatic carbocycles. The predicted octanol–water partition coefficient (Wildman–Crippen LogP) is 2.13. The van der Waals surface area contributed by atoms with Crippen molar-refractivity contribution in [3.8, 4) is 0 Å². The first kappa shape index (κ1) is 20.8. The third-order valence-corrected chi connectivity index (χ3v) is 8.05. The molecule has 2 bridgehead atoms. The number of nitrogens with zero attached hydrogens (tertiary/aromatic N) is 4. The molecule has 5 heterocycles. The summed E-state index contributed by atoms with van der Waals surface area (Å²) in [5.74, 6) is -0.198. The van der Waals surface area contributed by atoms with E-state index in [1.54, 1.807) is 6.20 Å². The molecule has 3 fully saturated rings. The fraction of sp³-hybridized carbons (Fsp3) is 0.500. The summed E-state index contributed by atoms with van der Waals surface area (Å²) in [5, 5.41) is 3.20. The highest BCUT2D eigenvalue weighted by atomic mass is 16.2. The number of rotatable bonds is 2. The van der Waals surface area contributed by atoms with Crippen molar-refractivity contribution < 1.29 is 9.59 Å². The quantitative estimate of drug-likeness (QED) is 0.767. The molecule has 3 atom stereocenters. The molecule has 1 spiro atoms.